The molecule has 3 aromatic rings. The van der Waals surface area contributed by atoms with Gasteiger partial charge in [0.25, 0.3) is 5.91 Å². The van der Waals surface area contributed by atoms with Gasteiger partial charge in [0.2, 0.25) is 10.0 Å². The third-order valence-electron chi connectivity index (χ3n) is 5.03. The maximum Gasteiger partial charge on any atom is 0.335 e. The first kappa shape index (κ1) is 21.3. The number of carbonyl (C=O) groups excluding carboxylic acids is 1. The number of carboxylic acids is 1. The molecular formula is C24H18N2O5S. The lowest BCUT2D eigenvalue weighted by Crippen LogP contribution is -2.40. The number of rotatable bonds is 3. The Kier molecular flexibility index (Phi) is 5.75. The zero-order valence-corrected chi connectivity index (χ0v) is 17.7. The molecule has 7 nitrogen and oxygen atoms in total. The molecule has 0 radical (unpaired) electrons. The fourth-order valence-corrected chi connectivity index (χ4v) is 4.83. The zero-order chi connectivity index (χ0) is 22.7. The van der Waals surface area contributed by atoms with Crippen molar-refractivity contribution in [2.45, 2.75) is 18.7 Å². The minimum absolute atomic E-state index is 0.0122. The number of benzene rings is 2. The Morgan fingerprint density at radius 2 is 1.69 bits per heavy atom. The van der Waals surface area contributed by atoms with Crippen molar-refractivity contribution in [3.05, 3.63) is 100 Å². The summed E-state index contributed by atoms with van der Waals surface area (Å²) in [6.45, 7) is -0.132. The zero-order valence-electron chi connectivity index (χ0n) is 16.9. The molecule has 8 heteroatoms. The lowest BCUT2D eigenvalue weighted by atomic mass is 10.1. The van der Waals surface area contributed by atoms with Crippen molar-refractivity contribution < 1.29 is 23.1 Å². The SMILES string of the molecule is O=C(O)c1ccc(C(=O)N2Cc3cc(C#CCc4ccccc4)ncc3CS2(=O)=O)cc1. The van der Waals surface area contributed by atoms with Gasteiger partial charge in [0, 0.05) is 18.2 Å². The molecule has 2 aromatic carbocycles. The van der Waals surface area contributed by atoms with Gasteiger partial charge < -0.3 is 5.11 Å². The summed E-state index contributed by atoms with van der Waals surface area (Å²) in [6, 6.07) is 16.6. The number of amides is 1. The number of carbonyl (C=O) groups is 2. The molecule has 0 aliphatic carbocycles. The third-order valence-corrected chi connectivity index (χ3v) is 6.67. The Bertz CT molecular complexity index is 1350. The molecule has 32 heavy (non-hydrogen) atoms. The summed E-state index contributed by atoms with van der Waals surface area (Å²) < 4.78 is 26.2. The summed E-state index contributed by atoms with van der Waals surface area (Å²) in [5, 5.41) is 9.00. The number of carboxylic acid groups (broad SMARTS) is 1. The van der Waals surface area contributed by atoms with Crippen LogP contribution in [0.5, 0.6) is 0 Å². The number of hydrogen-bond donors (Lipinski definition) is 1. The number of fused-ring (bicyclic) bond motifs is 1. The highest BCUT2D eigenvalue weighted by molar-refractivity contribution is 7.88. The number of nitrogens with zero attached hydrogens (tertiary/aromatic N) is 2. The molecule has 2 heterocycles. The predicted octanol–water partition coefficient (Wildman–Crippen LogP) is 2.86. The molecule has 0 atom stereocenters. The summed E-state index contributed by atoms with van der Waals surface area (Å²) in [5.74, 6) is 3.87. The Hall–Kier alpha value is -3.96. The van der Waals surface area contributed by atoms with E-state index in [2.05, 4.69) is 16.8 Å². The standard InChI is InChI=1S/C24H18N2O5S/c27-23(18-9-11-19(12-10-18)24(28)29)26-15-20-13-22(25-14-21(20)16-32(26,30)31)8-4-7-17-5-2-1-3-6-17/h1-3,5-6,9-14H,7,15-16H2,(H,28,29). The van der Waals surface area contributed by atoms with Crippen LogP contribution in [0.1, 0.15) is 43.1 Å². The molecule has 0 spiro atoms. The Morgan fingerprint density at radius 3 is 2.38 bits per heavy atom. The molecular weight excluding hydrogens is 428 g/mol. The van der Waals surface area contributed by atoms with Gasteiger partial charge in [0.05, 0.1) is 17.9 Å². The van der Waals surface area contributed by atoms with Crippen LogP contribution in [0, 0.1) is 11.8 Å². The largest absolute Gasteiger partial charge is 0.478 e. The smallest absolute Gasteiger partial charge is 0.335 e. The summed E-state index contributed by atoms with van der Waals surface area (Å²) in [6.07, 6.45) is 2.05. The van der Waals surface area contributed by atoms with Crippen LogP contribution in [-0.4, -0.2) is 34.7 Å². The predicted molar refractivity (Wildman–Crippen MR) is 117 cm³/mol. The Morgan fingerprint density at radius 1 is 1.00 bits per heavy atom. The maximum absolute atomic E-state index is 12.9. The van der Waals surface area contributed by atoms with Gasteiger partial charge in [-0.3, -0.25) is 4.79 Å². The summed E-state index contributed by atoms with van der Waals surface area (Å²) in [7, 11) is -3.89. The number of pyridine rings is 1. The van der Waals surface area contributed by atoms with E-state index in [0.29, 0.717) is 23.2 Å². The number of aromatic nitrogens is 1. The quantitative estimate of drug-likeness (QED) is 0.621. The fraction of sp³-hybridized carbons (Fsp3) is 0.125. The van der Waals surface area contributed by atoms with E-state index < -0.39 is 21.9 Å². The molecule has 4 rings (SSSR count). The fourth-order valence-electron chi connectivity index (χ4n) is 3.33. The molecule has 1 aliphatic heterocycles. The summed E-state index contributed by atoms with van der Waals surface area (Å²) in [5.41, 5.74) is 2.88. The van der Waals surface area contributed by atoms with Crippen molar-refractivity contribution in [3.8, 4) is 11.8 Å². The van der Waals surface area contributed by atoms with Gasteiger partial charge in [-0.15, -0.1) is 0 Å². The highest BCUT2D eigenvalue weighted by atomic mass is 32.2. The van der Waals surface area contributed by atoms with Gasteiger partial charge >= 0.3 is 5.97 Å². The van der Waals surface area contributed by atoms with E-state index >= 15 is 0 Å². The highest BCUT2D eigenvalue weighted by Crippen LogP contribution is 2.26. The maximum atomic E-state index is 12.9. The lowest BCUT2D eigenvalue weighted by Gasteiger charge is -2.28. The Balaban J connectivity index is 1.57. The molecule has 0 fully saturated rings. The van der Waals surface area contributed by atoms with Gasteiger partial charge in [-0.1, -0.05) is 36.3 Å². The molecule has 0 unspecified atom stereocenters. The van der Waals surface area contributed by atoms with Crippen molar-refractivity contribution in [3.63, 3.8) is 0 Å². The van der Waals surface area contributed by atoms with Crippen LogP contribution in [0.2, 0.25) is 0 Å². The molecule has 160 valence electrons. The molecule has 1 aromatic heterocycles. The second kappa shape index (κ2) is 8.65. The monoisotopic (exact) mass is 446 g/mol. The average molecular weight is 446 g/mol. The Labute approximate surface area is 185 Å². The van der Waals surface area contributed by atoms with E-state index in [0.717, 1.165) is 9.87 Å². The van der Waals surface area contributed by atoms with E-state index in [1.807, 2.05) is 30.3 Å². The van der Waals surface area contributed by atoms with Crippen LogP contribution in [0.25, 0.3) is 0 Å². The molecule has 0 saturated heterocycles. The molecule has 1 N–H and O–H groups in total. The van der Waals surface area contributed by atoms with Crippen LogP contribution in [0.4, 0.5) is 0 Å². The first-order valence-electron chi connectivity index (χ1n) is 9.72. The highest BCUT2D eigenvalue weighted by Gasteiger charge is 2.34. The first-order chi connectivity index (χ1) is 15.3. The van der Waals surface area contributed by atoms with Gasteiger partial charge in [-0.2, -0.15) is 0 Å². The average Bonchev–Trinajstić information content (AvgIpc) is 2.78. The van der Waals surface area contributed by atoms with E-state index in [1.165, 1.54) is 30.5 Å². The molecule has 1 aliphatic rings. The lowest BCUT2D eigenvalue weighted by molar-refractivity contribution is 0.0695. The van der Waals surface area contributed by atoms with E-state index in [-0.39, 0.29) is 23.4 Å². The third kappa shape index (κ3) is 4.53. The normalized spacial score (nSPS) is 14.1. The first-order valence-corrected chi connectivity index (χ1v) is 11.3. The van der Waals surface area contributed by atoms with E-state index in [9.17, 15) is 18.0 Å². The topological polar surface area (TPSA) is 105 Å². The van der Waals surface area contributed by atoms with Crippen LogP contribution in [0.3, 0.4) is 0 Å². The number of sulfonamides is 1. The van der Waals surface area contributed by atoms with Gasteiger partial charge in [0.15, 0.2) is 0 Å². The second-order valence-electron chi connectivity index (χ2n) is 7.25. The molecule has 0 saturated carbocycles. The van der Waals surface area contributed by atoms with Crippen molar-refractivity contribution in [2.24, 2.45) is 0 Å². The van der Waals surface area contributed by atoms with Crippen molar-refractivity contribution in [2.75, 3.05) is 0 Å². The van der Waals surface area contributed by atoms with E-state index in [4.69, 9.17) is 5.11 Å². The van der Waals surface area contributed by atoms with Gasteiger partial charge in [-0.25, -0.2) is 22.5 Å². The van der Waals surface area contributed by atoms with Crippen LogP contribution >= 0.6 is 0 Å². The summed E-state index contributed by atoms with van der Waals surface area (Å²) >= 11 is 0. The van der Waals surface area contributed by atoms with Crippen LogP contribution in [0.15, 0.2) is 66.9 Å². The minimum Gasteiger partial charge on any atom is -0.478 e. The molecule has 1 amide bonds. The number of aromatic carboxylic acids is 1. The van der Waals surface area contributed by atoms with Crippen molar-refractivity contribution >= 4 is 21.9 Å². The van der Waals surface area contributed by atoms with Gasteiger partial charge in [-0.05, 0) is 52.9 Å². The molecule has 0 bridgehead atoms. The van der Waals surface area contributed by atoms with Crippen LogP contribution in [-0.2, 0) is 28.7 Å². The van der Waals surface area contributed by atoms with Crippen molar-refractivity contribution in [1.82, 2.24) is 9.29 Å². The van der Waals surface area contributed by atoms with Crippen LogP contribution < -0.4 is 0 Å². The van der Waals surface area contributed by atoms with E-state index in [1.54, 1.807) is 6.07 Å². The van der Waals surface area contributed by atoms with Gasteiger partial charge in [0.1, 0.15) is 5.69 Å². The van der Waals surface area contributed by atoms with Crippen molar-refractivity contribution in [1.29, 1.82) is 0 Å². The second-order valence-corrected chi connectivity index (χ2v) is 9.15. The number of hydrogen-bond acceptors (Lipinski definition) is 5. The minimum atomic E-state index is -3.89. The summed E-state index contributed by atoms with van der Waals surface area (Å²) in [4.78, 5) is 28.1.